The molecule has 0 aliphatic carbocycles. The van der Waals surface area contributed by atoms with Crippen LogP contribution in [0.25, 0.3) is 0 Å². The van der Waals surface area contributed by atoms with Crippen LogP contribution < -0.4 is 5.32 Å². The first-order valence-electron chi connectivity index (χ1n) is 27.9. The fourth-order valence-corrected chi connectivity index (χ4v) is 8.91. The zero-order chi connectivity index (χ0) is 47.8. The monoisotopic (exact) mass is 938 g/mol. The number of nitrogens with zero attached hydrogens (tertiary/aromatic N) is 1. The van der Waals surface area contributed by atoms with Crippen molar-refractivity contribution in [3.8, 4) is 0 Å². The lowest BCUT2D eigenvalue weighted by atomic mass is 10.0. The number of aliphatic hydroxyl groups excluding tert-OH is 1. The molecule has 0 radical (unpaired) electrons. The smallest absolute Gasteiger partial charge is 0.387 e. The highest BCUT2D eigenvalue weighted by Gasteiger charge is 2.27. The van der Waals surface area contributed by atoms with Crippen molar-refractivity contribution in [2.75, 3.05) is 40.9 Å². The van der Waals surface area contributed by atoms with Gasteiger partial charge in [0.05, 0.1) is 39.9 Å². The van der Waals surface area contributed by atoms with Gasteiger partial charge in [0, 0.05) is 6.42 Å². The summed E-state index contributed by atoms with van der Waals surface area (Å²) in [6, 6.07) is -0.860. The summed E-state index contributed by atoms with van der Waals surface area (Å²) in [6.45, 7) is 4.79. The van der Waals surface area contributed by atoms with Crippen molar-refractivity contribution in [2.45, 2.75) is 276 Å². The first-order valence-corrected chi connectivity index (χ1v) is 29.4. The molecule has 0 saturated heterocycles. The van der Waals surface area contributed by atoms with Crippen LogP contribution in [0.4, 0.5) is 0 Å². The number of unbranched alkanes of at least 4 members (excludes halogenated alkanes) is 34. The van der Waals surface area contributed by atoms with E-state index in [-0.39, 0.29) is 19.1 Å². The van der Waals surface area contributed by atoms with E-state index in [0.717, 1.165) is 38.5 Å². The number of allylic oxidation sites excluding steroid dienone is 5. The van der Waals surface area contributed by atoms with Gasteiger partial charge >= 0.3 is 7.82 Å². The number of phosphoric acid groups is 1. The van der Waals surface area contributed by atoms with E-state index in [1.54, 1.807) is 6.08 Å². The molecule has 0 aromatic carbocycles. The molecule has 0 aliphatic heterocycles. The topological polar surface area (TPSA) is 105 Å². The minimum atomic E-state index is -4.35. The van der Waals surface area contributed by atoms with Crippen LogP contribution in [0.15, 0.2) is 36.5 Å². The molecule has 3 N–H and O–H groups in total. The number of likely N-dealkylation sites (N-methyl/N-ethyl adjacent to an activating group) is 1. The Morgan fingerprint density at radius 3 is 1.23 bits per heavy atom. The average molecular weight is 938 g/mol. The van der Waals surface area contributed by atoms with Gasteiger partial charge < -0.3 is 19.8 Å². The SMILES string of the molecule is CCCCCCCC/C=C/CC/C=C/C(O)C(COP(=O)(O)OCC[N+](C)(C)C)NC(=O)CCCCCCCCCCCCCCCCCCCCC/C=C\CCCCCCCCCC. The molecule has 8 nitrogen and oxygen atoms in total. The Labute approximate surface area is 404 Å². The maximum atomic E-state index is 12.9. The Kier molecular flexibility index (Phi) is 46.8. The van der Waals surface area contributed by atoms with E-state index in [9.17, 15) is 19.4 Å². The molecule has 9 heteroatoms. The zero-order valence-corrected chi connectivity index (χ0v) is 44.6. The lowest BCUT2D eigenvalue weighted by Gasteiger charge is -2.25. The second kappa shape index (κ2) is 47.8. The van der Waals surface area contributed by atoms with Crippen molar-refractivity contribution < 1.29 is 32.9 Å². The minimum absolute atomic E-state index is 0.0573. The summed E-state index contributed by atoms with van der Waals surface area (Å²) < 4.78 is 23.6. The maximum Gasteiger partial charge on any atom is 0.472 e. The van der Waals surface area contributed by atoms with Gasteiger partial charge in [-0.3, -0.25) is 13.8 Å². The number of aliphatic hydroxyl groups is 1. The van der Waals surface area contributed by atoms with Gasteiger partial charge in [-0.25, -0.2) is 4.57 Å². The molecule has 3 atom stereocenters. The van der Waals surface area contributed by atoms with E-state index in [1.807, 2.05) is 27.2 Å². The third-order valence-corrected chi connectivity index (χ3v) is 13.6. The standard InChI is InChI=1S/C56H109N2O6P/c1-6-8-10-12-14-16-18-20-21-22-23-24-25-26-27-28-29-30-31-32-33-34-35-36-37-38-40-42-44-46-48-50-56(60)57-54(53-64-65(61,62)63-52-51-58(3,4)5)55(59)49-47-45-43-41-39-19-17-15-13-11-9-7-2/h22-23,39,41,47,49,54-55,59H,6-21,24-38,40,42-46,48,50-53H2,1-5H3,(H-,57,60,61,62)/p+1/b23-22-,41-39+,49-47+. The van der Waals surface area contributed by atoms with Crippen LogP contribution in [0, 0.1) is 0 Å². The summed E-state index contributed by atoms with van der Waals surface area (Å²) in [5.41, 5.74) is 0. The summed E-state index contributed by atoms with van der Waals surface area (Å²) in [6.07, 6.45) is 61.2. The fourth-order valence-electron chi connectivity index (χ4n) is 8.17. The van der Waals surface area contributed by atoms with Crippen LogP contribution in [0.3, 0.4) is 0 Å². The molecule has 65 heavy (non-hydrogen) atoms. The van der Waals surface area contributed by atoms with Crippen LogP contribution in [-0.2, 0) is 18.4 Å². The van der Waals surface area contributed by atoms with Crippen molar-refractivity contribution in [1.82, 2.24) is 5.32 Å². The second-order valence-corrected chi connectivity index (χ2v) is 21.8. The Balaban J connectivity index is 4.03. The molecule has 0 fully saturated rings. The number of hydrogen-bond donors (Lipinski definition) is 3. The molecule has 1 amide bonds. The maximum absolute atomic E-state index is 12.9. The molecule has 0 saturated carbocycles. The van der Waals surface area contributed by atoms with E-state index < -0.39 is 20.0 Å². The summed E-state index contributed by atoms with van der Waals surface area (Å²) in [5, 5.41) is 13.8. The quantitative estimate of drug-likeness (QED) is 0.0243. The Hall–Kier alpha value is -1.28. The molecule has 0 heterocycles. The number of quaternary nitrogens is 1. The molecule has 0 rings (SSSR count). The second-order valence-electron chi connectivity index (χ2n) is 20.3. The molecule has 0 spiro atoms. The Bertz CT molecular complexity index is 1150. The largest absolute Gasteiger partial charge is 0.472 e. The number of carbonyl (C=O) groups is 1. The van der Waals surface area contributed by atoms with Crippen molar-refractivity contribution in [3.05, 3.63) is 36.5 Å². The van der Waals surface area contributed by atoms with Crippen LogP contribution in [0.2, 0.25) is 0 Å². The van der Waals surface area contributed by atoms with E-state index in [2.05, 4.69) is 43.5 Å². The van der Waals surface area contributed by atoms with Gasteiger partial charge in [-0.1, -0.05) is 237 Å². The van der Waals surface area contributed by atoms with E-state index in [0.29, 0.717) is 17.4 Å². The van der Waals surface area contributed by atoms with Crippen molar-refractivity contribution in [3.63, 3.8) is 0 Å². The molecular weight excluding hydrogens is 828 g/mol. The molecule has 384 valence electrons. The number of carbonyl (C=O) groups excluding carboxylic acids is 1. The molecule has 0 aromatic rings. The van der Waals surface area contributed by atoms with E-state index in [1.165, 1.54) is 205 Å². The lowest BCUT2D eigenvalue weighted by molar-refractivity contribution is -0.870. The summed E-state index contributed by atoms with van der Waals surface area (Å²) in [4.78, 5) is 23.2. The van der Waals surface area contributed by atoms with Gasteiger partial charge in [0.15, 0.2) is 0 Å². The van der Waals surface area contributed by atoms with Gasteiger partial charge in [-0.05, 0) is 57.8 Å². The van der Waals surface area contributed by atoms with E-state index in [4.69, 9.17) is 9.05 Å². The van der Waals surface area contributed by atoms with Crippen LogP contribution in [-0.4, -0.2) is 73.4 Å². The van der Waals surface area contributed by atoms with Crippen molar-refractivity contribution in [2.24, 2.45) is 0 Å². The molecule has 0 aromatic heterocycles. The zero-order valence-electron chi connectivity index (χ0n) is 43.7. The average Bonchev–Trinajstić information content (AvgIpc) is 3.26. The van der Waals surface area contributed by atoms with Crippen LogP contribution in [0.1, 0.15) is 264 Å². The number of nitrogens with one attached hydrogen (secondary N) is 1. The van der Waals surface area contributed by atoms with Crippen LogP contribution in [0.5, 0.6) is 0 Å². The highest BCUT2D eigenvalue weighted by atomic mass is 31.2. The normalized spacial score (nSPS) is 14.3. The number of rotatable bonds is 51. The first kappa shape index (κ1) is 63.7. The highest BCUT2D eigenvalue weighted by molar-refractivity contribution is 7.47. The Morgan fingerprint density at radius 1 is 0.508 bits per heavy atom. The van der Waals surface area contributed by atoms with Crippen molar-refractivity contribution >= 4 is 13.7 Å². The van der Waals surface area contributed by atoms with Gasteiger partial charge in [0.25, 0.3) is 0 Å². The first-order chi connectivity index (χ1) is 31.5. The predicted molar refractivity (Wildman–Crippen MR) is 281 cm³/mol. The minimum Gasteiger partial charge on any atom is -0.387 e. The van der Waals surface area contributed by atoms with Crippen molar-refractivity contribution in [1.29, 1.82) is 0 Å². The third kappa shape index (κ3) is 50.4. The van der Waals surface area contributed by atoms with E-state index >= 15 is 0 Å². The van der Waals surface area contributed by atoms with Gasteiger partial charge in [-0.2, -0.15) is 0 Å². The third-order valence-electron chi connectivity index (χ3n) is 12.6. The highest BCUT2D eigenvalue weighted by Crippen LogP contribution is 2.43. The predicted octanol–water partition coefficient (Wildman–Crippen LogP) is 16.6. The molecule has 3 unspecified atom stereocenters. The molecule has 0 bridgehead atoms. The van der Waals surface area contributed by atoms with Crippen LogP contribution >= 0.6 is 7.82 Å². The molecular formula is C56H110N2O6P+. The molecule has 0 aliphatic rings. The van der Waals surface area contributed by atoms with Gasteiger partial charge in [0.1, 0.15) is 13.2 Å². The summed E-state index contributed by atoms with van der Waals surface area (Å²) >= 11 is 0. The summed E-state index contributed by atoms with van der Waals surface area (Å²) in [5.74, 6) is -0.184. The fraction of sp³-hybridized carbons (Fsp3) is 0.875. The lowest BCUT2D eigenvalue weighted by Crippen LogP contribution is -2.45. The number of amides is 1. The Morgan fingerprint density at radius 2 is 0.846 bits per heavy atom. The summed E-state index contributed by atoms with van der Waals surface area (Å²) in [7, 11) is 1.56. The number of hydrogen-bond acceptors (Lipinski definition) is 5. The number of phosphoric ester groups is 1. The van der Waals surface area contributed by atoms with Gasteiger partial charge in [0.2, 0.25) is 5.91 Å². The van der Waals surface area contributed by atoms with Gasteiger partial charge in [-0.15, -0.1) is 0 Å².